The molecule has 0 radical (unpaired) electrons. The lowest BCUT2D eigenvalue weighted by Crippen LogP contribution is -2.51. The van der Waals surface area contributed by atoms with Crippen LogP contribution in [0.3, 0.4) is 0 Å². The summed E-state index contributed by atoms with van der Waals surface area (Å²) in [5, 5.41) is 5.60. The van der Waals surface area contributed by atoms with E-state index in [1.165, 1.54) is 0 Å². The average molecular weight is 421 g/mol. The summed E-state index contributed by atoms with van der Waals surface area (Å²) in [5.41, 5.74) is 3.52. The van der Waals surface area contributed by atoms with Crippen molar-refractivity contribution >= 4 is 29.2 Å². The standard InChI is InChI=1S/C24H28N4O3/c1-17-8-11-19(12-9-17)25-24(31)26-20-13-10-18-6-2-3-7-21(18)28(23(20)30)16-22(29)27-14-4-5-15-27/h2-3,6-9,11-12,20H,4-5,10,13-16H2,1H3,(H2,25,26,31). The van der Waals surface area contributed by atoms with Crippen LogP contribution in [-0.4, -0.2) is 48.4 Å². The fourth-order valence-electron chi connectivity index (χ4n) is 4.18. The van der Waals surface area contributed by atoms with Gasteiger partial charge >= 0.3 is 6.03 Å². The first-order valence-electron chi connectivity index (χ1n) is 10.8. The minimum Gasteiger partial charge on any atom is -0.341 e. The number of aryl methyl sites for hydroxylation is 2. The van der Waals surface area contributed by atoms with Crippen molar-refractivity contribution in [3.63, 3.8) is 0 Å². The van der Waals surface area contributed by atoms with Gasteiger partial charge in [0.15, 0.2) is 0 Å². The van der Waals surface area contributed by atoms with Crippen molar-refractivity contribution in [3.8, 4) is 0 Å². The molecule has 7 nitrogen and oxygen atoms in total. The number of nitrogens with one attached hydrogen (secondary N) is 2. The van der Waals surface area contributed by atoms with Crippen molar-refractivity contribution in [2.45, 2.75) is 38.6 Å². The fourth-order valence-corrected chi connectivity index (χ4v) is 4.18. The normalized spacial score (nSPS) is 18.4. The second-order valence-corrected chi connectivity index (χ2v) is 8.20. The predicted molar refractivity (Wildman–Crippen MR) is 120 cm³/mol. The smallest absolute Gasteiger partial charge is 0.319 e. The fraction of sp³-hybridized carbons (Fsp3) is 0.375. The summed E-state index contributed by atoms with van der Waals surface area (Å²) in [6.45, 7) is 3.45. The van der Waals surface area contributed by atoms with E-state index >= 15 is 0 Å². The SMILES string of the molecule is Cc1ccc(NC(=O)NC2CCc3ccccc3N(CC(=O)N3CCCC3)C2=O)cc1. The molecular formula is C24H28N4O3. The van der Waals surface area contributed by atoms with E-state index in [9.17, 15) is 14.4 Å². The Morgan fingerprint density at radius 1 is 1.03 bits per heavy atom. The molecule has 0 saturated carbocycles. The topological polar surface area (TPSA) is 81.8 Å². The number of urea groups is 1. The van der Waals surface area contributed by atoms with Crippen molar-refractivity contribution in [2.75, 3.05) is 29.9 Å². The number of hydrogen-bond acceptors (Lipinski definition) is 3. The third-order valence-electron chi connectivity index (χ3n) is 5.92. The number of para-hydroxylation sites is 1. The zero-order chi connectivity index (χ0) is 21.8. The number of nitrogens with zero attached hydrogens (tertiary/aromatic N) is 2. The summed E-state index contributed by atoms with van der Waals surface area (Å²) < 4.78 is 0. The molecule has 2 aromatic rings. The molecule has 1 saturated heterocycles. The molecule has 2 aromatic carbocycles. The molecule has 1 unspecified atom stereocenters. The molecule has 1 atom stereocenters. The molecule has 0 spiro atoms. The summed E-state index contributed by atoms with van der Waals surface area (Å²) in [6, 6.07) is 14.0. The number of carbonyl (C=O) groups excluding carboxylic acids is 3. The van der Waals surface area contributed by atoms with Crippen LogP contribution < -0.4 is 15.5 Å². The monoisotopic (exact) mass is 420 g/mol. The largest absolute Gasteiger partial charge is 0.341 e. The Balaban J connectivity index is 1.50. The quantitative estimate of drug-likeness (QED) is 0.798. The van der Waals surface area contributed by atoms with E-state index in [4.69, 9.17) is 0 Å². The van der Waals surface area contributed by atoms with Crippen molar-refractivity contribution in [1.82, 2.24) is 10.2 Å². The summed E-state index contributed by atoms with van der Waals surface area (Å²) >= 11 is 0. The summed E-state index contributed by atoms with van der Waals surface area (Å²) in [4.78, 5) is 42.1. The highest BCUT2D eigenvalue weighted by Gasteiger charge is 2.33. The second kappa shape index (κ2) is 9.20. The van der Waals surface area contributed by atoms with Gasteiger partial charge in [0, 0.05) is 24.5 Å². The van der Waals surface area contributed by atoms with Gasteiger partial charge in [0.1, 0.15) is 12.6 Å². The van der Waals surface area contributed by atoms with E-state index in [-0.39, 0.29) is 18.4 Å². The van der Waals surface area contributed by atoms with E-state index in [2.05, 4.69) is 10.6 Å². The highest BCUT2D eigenvalue weighted by Crippen LogP contribution is 2.27. The van der Waals surface area contributed by atoms with Gasteiger partial charge in [-0.25, -0.2) is 4.79 Å². The van der Waals surface area contributed by atoms with Gasteiger partial charge in [-0.1, -0.05) is 35.9 Å². The second-order valence-electron chi connectivity index (χ2n) is 8.20. The lowest BCUT2D eigenvalue weighted by molar-refractivity contribution is -0.130. The Hall–Kier alpha value is -3.35. The van der Waals surface area contributed by atoms with Crippen LogP contribution in [0.15, 0.2) is 48.5 Å². The van der Waals surface area contributed by atoms with Crippen LogP contribution in [0.5, 0.6) is 0 Å². The number of carbonyl (C=O) groups is 3. The van der Waals surface area contributed by atoms with Gasteiger partial charge in [-0.05, 0) is 56.4 Å². The molecule has 0 bridgehead atoms. The van der Waals surface area contributed by atoms with E-state index in [1.807, 2.05) is 60.4 Å². The average Bonchev–Trinajstić information content (AvgIpc) is 3.28. The van der Waals surface area contributed by atoms with Gasteiger partial charge in [0.2, 0.25) is 11.8 Å². The third kappa shape index (κ3) is 4.87. The van der Waals surface area contributed by atoms with Crippen LogP contribution in [0.4, 0.5) is 16.2 Å². The Labute approximate surface area is 182 Å². The summed E-state index contributed by atoms with van der Waals surface area (Å²) in [5.74, 6) is -0.304. The van der Waals surface area contributed by atoms with Crippen molar-refractivity contribution < 1.29 is 14.4 Å². The molecule has 31 heavy (non-hydrogen) atoms. The number of benzene rings is 2. The molecule has 2 heterocycles. The molecule has 0 aliphatic carbocycles. The maximum Gasteiger partial charge on any atom is 0.319 e. The number of likely N-dealkylation sites (tertiary alicyclic amines) is 1. The third-order valence-corrected chi connectivity index (χ3v) is 5.92. The molecular weight excluding hydrogens is 392 g/mol. The highest BCUT2D eigenvalue weighted by molar-refractivity contribution is 6.04. The number of fused-ring (bicyclic) bond motifs is 1. The molecule has 2 aliphatic rings. The lowest BCUT2D eigenvalue weighted by atomic mass is 10.1. The summed E-state index contributed by atoms with van der Waals surface area (Å²) in [7, 11) is 0. The lowest BCUT2D eigenvalue weighted by Gasteiger charge is -2.27. The maximum absolute atomic E-state index is 13.4. The molecule has 2 aliphatic heterocycles. The molecule has 1 fully saturated rings. The Morgan fingerprint density at radius 3 is 2.48 bits per heavy atom. The zero-order valence-electron chi connectivity index (χ0n) is 17.8. The van der Waals surface area contributed by atoms with Crippen LogP contribution in [0.2, 0.25) is 0 Å². The Bertz CT molecular complexity index is 967. The number of anilines is 2. The van der Waals surface area contributed by atoms with Crippen molar-refractivity contribution in [3.05, 3.63) is 59.7 Å². The first-order chi connectivity index (χ1) is 15.0. The van der Waals surface area contributed by atoms with E-state index < -0.39 is 12.1 Å². The highest BCUT2D eigenvalue weighted by atomic mass is 16.2. The van der Waals surface area contributed by atoms with Crippen molar-refractivity contribution in [1.29, 1.82) is 0 Å². The number of amides is 4. The van der Waals surface area contributed by atoms with E-state index in [0.29, 0.717) is 18.5 Å². The minimum atomic E-state index is -0.704. The molecule has 162 valence electrons. The predicted octanol–water partition coefficient (Wildman–Crippen LogP) is 3.09. The van der Waals surface area contributed by atoms with Crippen molar-refractivity contribution in [2.24, 2.45) is 0 Å². The van der Waals surface area contributed by atoms with Gasteiger partial charge in [-0.2, -0.15) is 0 Å². The van der Waals surface area contributed by atoms with Gasteiger partial charge < -0.3 is 20.4 Å². The molecule has 7 heteroatoms. The summed E-state index contributed by atoms with van der Waals surface area (Å²) in [6.07, 6.45) is 3.12. The van der Waals surface area contributed by atoms with Gasteiger partial charge in [-0.15, -0.1) is 0 Å². The van der Waals surface area contributed by atoms with Gasteiger partial charge in [0.05, 0.1) is 0 Å². The van der Waals surface area contributed by atoms with Crippen LogP contribution in [0.25, 0.3) is 0 Å². The number of rotatable bonds is 4. The number of hydrogen-bond donors (Lipinski definition) is 2. The maximum atomic E-state index is 13.4. The molecule has 4 rings (SSSR count). The van der Waals surface area contributed by atoms with Crippen LogP contribution in [-0.2, 0) is 16.0 Å². The Morgan fingerprint density at radius 2 is 1.74 bits per heavy atom. The Kier molecular flexibility index (Phi) is 6.21. The van der Waals surface area contributed by atoms with Crippen LogP contribution in [0.1, 0.15) is 30.4 Å². The van der Waals surface area contributed by atoms with Crippen LogP contribution >= 0.6 is 0 Å². The van der Waals surface area contributed by atoms with Gasteiger partial charge in [-0.3, -0.25) is 9.59 Å². The molecule has 0 aromatic heterocycles. The van der Waals surface area contributed by atoms with Crippen LogP contribution in [0, 0.1) is 6.92 Å². The molecule has 2 N–H and O–H groups in total. The minimum absolute atomic E-state index is 0.00634. The van der Waals surface area contributed by atoms with Gasteiger partial charge in [0.25, 0.3) is 0 Å². The first-order valence-corrected chi connectivity index (χ1v) is 10.8. The van der Waals surface area contributed by atoms with E-state index in [1.54, 1.807) is 4.90 Å². The zero-order valence-corrected chi connectivity index (χ0v) is 17.8. The van der Waals surface area contributed by atoms with E-state index in [0.717, 1.165) is 42.7 Å². The molecule has 4 amide bonds. The first kappa shape index (κ1) is 20.9.